The summed E-state index contributed by atoms with van der Waals surface area (Å²) in [5, 5.41) is 0. The number of rotatable bonds is 6. The molecule has 0 atom stereocenters. The van der Waals surface area contributed by atoms with Crippen LogP contribution in [-0.4, -0.2) is 21.2 Å². The Bertz CT molecular complexity index is 412. The van der Waals surface area contributed by atoms with Crippen LogP contribution in [0.5, 0.6) is 0 Å². The van der Waals surface area contributed by atoms with E-state index in [4.69, 9.17) is 5.73 Å². The molecule has 90 valence electrons. The average molecular weight is 242 g/mol. The summed E-state index contributed by atoms with van der Waals surface area (Å²) in [5.41, 5.74) is 7.21. The first-order valence-electron chi connectivity index (χ1n) is 5.28. The van der Waals surface area contributed by atoms with Gasteiger partial charge in [0.05, 0.1) is 6.26 Å². The van der Waals surface area contributed by atoms with Crippen molar-refractivity contribution < 1.29 is 8.42 Å². The van der Waals surface area contributed by atoms with E-state index in [1.807, 2.05) is 12.1 Å². The highest BCUT2D eigenvalue weighted by atomic mass is 32.2. The molecule has 0 aromatic heterocycles. The van der Waals surface area contributed by atoms with Gasteiger partial charge < -0.3 is 5.73 Å². The van der Waals surface area contributed by atoms with Crippen molar-refractivity contribution in [1.82, 2.24) is 0 Å². The quantitative estimate of drug-likeness (QED) is 0.739. The van der Waals surface area contributed by atoms with E-state index in [0.29, 0.717) is 12.2 Å². The number of nitrogens with two attached hydrogens (primary N) is 1. The van der Waals surface area contributed by atoms with Crippen molar-refractivity contribution in [3.8, 4) is 0 Å². The molecule has 0 saturated heterocycles. The lowest BCUT2D eigenvalue weighted by atomic mass is 10.1. The van der Waals surface area contributed by atoms with Crippen molar-refractivity contribution in [1.29, 1.82) is 0 Å². The zero-order chi connectivity index (χ0) is 12.0. The summed E-state index contributed by atoms with van der Waals surface area (Å²) < 4.78 is 24.4. The van der Waals surface area contributed by atoms with Gasteiger partial charge in [0.1, 0.15) is 0 Å². The highest BCUT2D eigenvalue weighted by molar-refractivity contribution is 7.92. The fourth-order valence-electron chi connectivity index (χ4n) is 1.43. The van der Waals surface area contributed by atoms with Crippen LogP contribution in [0, 0.1) is 0 Å². The van der Waals surface area contributed by atoms with Crippen LogP contribution >= 0.6 is 0 Å². The van der Waals surface area contributed by atoms with Crippen LogP contribution in [0.1, 0.15) is 18.4 Å². The van der Waals surface area contributed by atoms with Crippen LogP contribution in [0.2, 0.25) is 0 Å². The molecule has 0 bridgehead atoms. The molecule has 0 radical (unpaired) electrons. The number of anilines is 1. The molecule has 0 amide bonds. The zero-order valence-electron chi connectivity index (χ0n) is 9.44. The summed E-state index contributed by atoms with van der Waals surface area (Å²) in [4.78, 5) is 0. The van der Waals surface area contributed by atoms with Crippen LogP contribution < -0.4 is 10.5 Å². The normalized spacial score (nSPS) is 11.4. The summed E-state index contributed by atoms with van der Waals surface area (Å²) in [5.74, 6) is 0. The average Bonchev–Trinajstić information content (AvgIpc) is 2.19. The standard InChI is InChI=1S/C11H18N2O2S/c1-16(14,15)13-11-7-5-10(6-8-11)4-2-3-9-12/h5-8,13H,2-4,9,12H2,1H3. The maximum Gasteiger partial charge on any atom is 0.229 e. The van der Waals surface area contributed by atoms with Crippen LogP contribution in [0.15, 0.2) is 24.3 Å². The van der Waals surface area contributed by atoms with Crippen LogP contribution in [0.25, 0.3) is 0 Å². The highest BCUT2D eigenvalue weighted by Crippen LogP contribution is 2.12. The van der Waals surface area contributed by atoms with Gasteiger partial charge in [-0.25, -0.2) is 8.42 Å². The number of hydrogen-bond donors (Lipinski definition) is 2. The Hall–Kier alpha value is -1.07. The second-order valence-electron chi connectivity index (χ2n) is 3.82. The molecule has 1 aromatic rings. The van der Waals surface area contributed by atoms with Crippen molar-refractivity contribution in [3.63, 3.8) is 0 Å². The molecule has 0 spiro atoms. The van der Waals surface area contributed by atoms with Crippen molar-refractivity contribution in [3.05, 3.63) is 29.8 Å². The third-order valence-corrected chi connectivity index (χ3v) is 2.78. The van der Waals surface area contributed by atoms with Crippen molar-refractivity contribution >= 4 is 15.7 Å². The first-order chi connectivity index (χ1) is 7.51. The summed E-state index contributed by atoms with van der Waals surface area (Å²) in [6.07, 6.45) is 4.21. The highest BCUT2D eigenvalue weighted by Gasteiger charge is 2.01. The third kappa shape index (κ3) is 5.14. The first kappa shape index (κ1) is 13.0. The van der Waals surface area contributed by atoms with E-state index in [1.165, 1.54) is 5.56 Å². The minimum absolute atomic E-state index is 0.602. The molecule has 1 aromatic carbocycles. The van der Waals surface area contributed by atoms with Gasteiger partial charge in [-0.1, -0.05) is 12.1 Å². The van der Waals surface area contributed by atoms with Crippen molar-refractivity contribution in [2.45, 2.75) is 19.3 Å². The van der Waals surface area contributed by atoms with Gasteiger partial charge in [-0.05, 0) is 43.5 Å². The van der Waals surface area contributed by atoms with E-state index < -0.39 is 10.0 Å². The van der Waals surface area contributed by atoms with Crippen LogP contribution in [0.4, 0.5) is 5.69 Å². The van der Waals surface area contributed by atoms with E-state index in [9.17, 15) is 8.42 Å². The monoisotopic (exact) mass is 242 g/mol. The lowest BCUT2D eigenvalue weighted by molar-refractivity contribution is 0.607. The smallest absolute Gasteiger partial charge is 0.229 e. The van der Waals surface area contributed by atoms with E-state index in [2.05, 4.69) is 4.72 Å². The molecule has 0 fully saturated rings. The number of aryl methyl sites for hydroxylation is 1. The second kappa shape index (κ2) is 5.86. The Morgan fingerprint density at radius 1 is 1.19 bits per heavy atom. The van der Waals surface area contributed by atoms with E-state index >= 15 is 0 Å². The van der Waals surface area contributed by atoms with Gasteiger partial charge in [0, 0.05) is 5.69 Å². The topological polar surface area (TPSA) is 72.2 Å². The maximum absolute atomic E-state index is 11.0. The largest absolute Gasteiger partial charge is 0.330 e. The predicted molar refractivity (Wildman–Crippen MR) is 66.9 cm³/mol. The van der Waals surface area contributed by atoms with Gasteiger partial charge >= 0.3 is 0 Å². The molecule has 0 heterocycles. The minimum Gasteiger partial charge on any atom is -0.330 e. The molecule has 0 saturated carbocycles. The number of sulfonamides is 1. The van der Waals surface area contributed by atoms with E-state index in [1.54, 1.807) is 12.1 Å². The maximum atomic E-state index is 11.0. The number of benzene rings is 1. The molecule has 0 unspecified atom stereocenters. The van der Waals surface area contributed by atoms with Crippen LogP contribution in [0.3, 0.4) is 0 Å². The fourth-order valence-corrected chi connectivity index (χ4v) is 1.99. The molecular weight excluding hydrogens is 224 g/mol. The zero-order valence-corrected chi connectivity index (χ0v) is 10.3. The Morgan fingerprint density at radius 2 is 1.81 bits per heavy atom. The summed E-state index contributed by atoms with van der Waals surface area (Å²) in [6, 6.07) is 7.42. The Morgan fingerprint density at radius 3 is 2.31 bits per heavy atom. The predicted octanol–water partition coefficient (Wildman–Crippen LogP) is 1.34. The summed E-state index contributed by atoms with van der Waals surface area (Å²) in [6.45, 7) is 0.716. The molecule has 5 heteroatoms. The van der Waals surface area contributed by atoms with E-state index in [-0.39, 0.29) is 0 Å². The molecule has 0 aliphatic heterocycles. The van der Waals surface area contributed by atoms with Crippen LogP contribution in [-0.2, 0) is 16.4 Å². The molecule has 4 nitrogen and oxygen atoms in total. The molecule has 0 aliphatic carbocycles. The van der Waals surface area contributed by atoms with Gasteiger partial charge in [0.15, 0.2) is 0 Å². The number of unbranched alkanes of at least 4 members (excludes halogenated alkanes) is 1. The fraction of sp³-hybridized carbons (Fsp3) is 0.455. The molecule has 16 heavy (non-hydrogen) atoms. The summed E-state index contributed by atoms with van der Waals surface area (Å²) in [7, 11) is -3.18. The molecule has 1 rings (SSSR count). The Balaban J connectivity index is 2.54. The Kier molecular flexibility index (Phi) is 4.76. The number of nitrogens with one attached hydrogen (secondary N) is 1. The molecular formula is C11H18N2O2S. The lowest BCUT2D eigenvalue weighted by Gasteiger charge is -2.05. The minimum atomic E-state index is -3.18. The Labute approximate surface area is 96.9 Å². The summed E-state index contributed by atoms with van der Waals surface area (Å²) >= 11 is 0. The van der Waals surface area contributed by atoms with Crippen molar-refractivity contribution in [2.24, 2.45) is 5.73 Å². The van der Waals surface area contributed by atoms with Gasteiger partial charge in [0.25, 0.3) is 0 Å². The van der Waals surface area contributed by atoms with Gasteiger partial charge in [-0.3, -0.25) is 4.72 Å². The second-order valence-corrected chi connectivity index (χ2v) is 5.57. The van der Waals surface area contributed by atoms with Crippen molar-refractivity contribution in [2.75, 3.05) is 17.5 Å². The van der Waals surface area contributed by atoms with Gasteiger partial charge in [-0.15, -0.1) is 0 Å². The molecule has 3 N–H and O–H groups in total. The molecule has 0 aliphatic rings. The van der Waals surface area contributed by atoms with E-state index in [0.717, 1.165) is 25.5 Å². The SMILES string of the molecule is CS(=O)(=O)Nc1ccc(CCCCN)cc1. The first-order valence-corrected chi connectivity index (χ1v) is 7.17. The van der Waals surface area contributed by atoms with Gasteiger partial charge in [-0.2, -0.15) is 0 Å². The lowest BCUT2D eigenvalue weighted by Crippen LogP contribution is -2.09. The third-order valence-electron chi connectivity index (χ3n) is 2.18. The van der Waals surface area contributed by atoms with Gasteiger partial charge in [0.2, 0.25) is 10.0 Å². The number of hydrogen-bond acceptors (Lipinski definition) is 3.